The second kappa shape index (κ2) is 6.74. The number of amides is 2. The van der Waals surface area contributed by atoms with Gasteiger partial charge in [0, 0.05) is 18.7 Å². The smallest absolute Gasteiger partial charge is 0.313 e. The Kier molecular flexibility index (Phi) is 4.77. The first-order chi connectivity index (χ1) is 10.1. The van der Waals surface area contributed by atoms with Crippen molar-refractivity contribution in [2.75, 3.05) is 11.9 Å². The van der Waals surface area contributed by atoms with Crippen LogP contribution in [-0.4, -0.2) is 18.4 Å². The van der Waals surface area contributed by atoms with Gasteiger partial charge in [-0.3, -0.25) is 9.59 Å². The fourth-order valence-electron chi connectivity index (χ4n) is 1.88. The summed E-state index contributed by atoms with van der Waals surface area (Å²) in [7, 11) is 0. The van der Waals surface area contributed by atoms with Crippen LogP contribution in [0.25, 0.3) is 0 Å². The average molecular weight is 286 g/mol. The molecule has 2 N–H and O–H groups in total. The first-order valence-electron chi connectivity index (χ1n) is 6.75. The summed E-state index contributed by atoms with van der Waals surface area (Å²) in [4.78, 5) is 23.5. The summed E-state index contributed by atoms with van der Waals surface area (Å²) in [6.45, 7) is 4.16. The third-order valence-corrected chi connectivity index (χ3v) is 3.08. The van der Waals surface area contributed by atoms with E-state index in [4.69, 9.17) is 4.42 Å². The number of nitrogens with one attached hydrogen (secondary N) is 2. The second-order valence-electron chi connectivity index (χ2n) is 4.86. The van der Waals surface area contributed by atoms with Crippen molar-refractivity contribution in [2.24, 2.45) is 0 Å². The Morgan fingerprint density at radius 1 is 1.14 bits per heavy atom. The lowest BCUT2D eigenvalue weighted by Crippen LogP contribution is -2.36. The van der Waals surface area contributed by atoms with E-state index in [1.54, 1.807) is 12.3 Å². The largest absolute Gasteiger partial charge is 0.469 e. The normalized spacial score (nSPS) is 10.2. The van der Waals surface area contributed by atoms with Gasteiger partial charge in [0.15, 0.2) is 0 Å². The van der Waals surface area contributed by atoms with E-state index in [0.717, 1.165) is 16.9 Å². The van der Waals surface area contributed by atoms with E-state index in [0.29, 0.717) is 18.7 Å². The molecular formula is C16H18N2O3. The van der Waals surface area contributed by atoms with Crippen molar-refractivity contribution in [1.82, 2.24) is 5.32 Å². The zero-order valence-corrected chi connectivity index (χ0v) is 12.1. The minimum absolute atomic E-state index is 0.354. The van der Waals surface area contributed by atoms with Gasteiger partial charge in [-0.2, -0.15) is 0 Å². The summed E-state index contributed by atoms with van der Waals surface area (Å²) >= 11 is 0. The number of rotatable bonds is 4. The fraction of sp³-hybridized carbons (Fsp3) is 0.250. The van der Waals surface area contributed by atoms with Crippen LogP contribution in [-0.2, 0) is 16.0 Å². The SMILES string of the molecule is Cc1ccc(C)c(NC(=O)C(=O)NCCc2ccco2)c1. The second-order valence-corrected chi connectivity index (χ2v) is 4.86. The number of carbonyl (C=O) groups is 2. The van der Waals surface area contributed by atoms with Crippen molar-refractivity contribution < 1.29 is 14.0 Å². The molecule has 0 bridgehead atoms. The van der Waals surface area contributed by atoms with Gasteiger partial charge in [-0.15, -0.1) is 0 Å². The van der Waals surface area contributed by atoms with Crippen molar-refractivity contribution in [1.29, 1.82) is 0 Å². The van der Waals surface area contributed by atoms with Crippen LogP contribution in [0.3, 0.4) is 0 Å². The molecule has 110 valence electrons. The maximum absolute atomic E-state index is 11.8. The predicted octanol–water partition coefficient (Wildman–Crippen LogP) is 2.19. The third-order valence-electron chi connectivity index (χ3n) is 3.08. The van der Waals surface area contributed by atoms with Gasteiger partial charge < -0.3 is 15.1 Å². The topological polar surface area (TPSA) is 71.3 Å². The lowest BCUT2D eigenvalue weighted by molar-refractivity contribution is -0.136. The van der Waals surface area contributed by atoms with Crippen LogP contribution in [0.2, 0.25) is 0 Å². The number of aryl methyl sites for hydroxylation is 2. The van der Waals surface area contributed by atoms with E-state index in [1.165, 1.54) is 0 Å². The van der Waals surface area contributed by atoms with E-state index < -0.39 is 11.8 Å². The molecule has 0 fully saturated rings. The zero-order chi connectivity index (χ0) is 15.2. The Hall–Kier alpha value is -2.56. The molecule has 1 heterocycles. The predicted molar refractivity (Wildman–Crippen MR) is 80.0 cm³/mol. The van der Waals surface area contributed by atoms with Gasteiger partial charge in [-0.25, -0.2) is 0 Å². The van der Waals surface area contributed by atoms with Gasteiger partial charge in [0.25, 0.3) is 0 Å². The van der Waals surface area contributed by atoms with E-state index >= 15 is 0 Å². The molecule has 2 amide bonds. The van der Waals surface area contributed by atoms with Crippen molar-refractivity contribution in [3.63, 3.8) is 0 Å². The lowest BCUT2D eigenvalue weighted by atomic mass is 10.1. The molecule has 0 spiro atoms. The molecule has 0 saturated carbocycles. The minimum atomic E-state index is -0.664. The number of hydrogen-bond acceptors (Lipinski definition) is 3. The molecule has 1 aromatic carbocycles. The van der Waals surface area contributed by atoms with Crippen LogP contribution in [0.4, 0.5) is 5.69 Å². The molecule has 0 aliphatic rings. The summed E-state index contributed by atoms with van der Waals surface area (Å²) in [6.07, 6.45) is 2.12. The first-order valence-corrected chi connectivity index (χ1v) is 6.75. The molecule has 2 rings (SSSR count). The molecule has 0 aliphatic heterocycles. The summed E-state index contributed by atoms with van der Waals surface area (Å²) in [5.74, 6) is -0.546. The van der Waals surface area contributed by atoms with Gasteiger partial charge >= 0.3 is 11.8 Å². The van der Waals surface area contributed by atoms with Crippen LogP contribution in [0.15, 0.2) is 41.0 Å². The molecule has 0 unspecified atom stereocenters. The maximum Gasteiger partial charge on any atom is 0.313 e. The highest BCUT2D eigenvalue weighted by Gasteiger charge is 2.14. The molecule has 0 aliphatic carbocycles. The van der Waals surface area contributed by atoms with Crippen molar-refractivity contribution in [2.45, 2.75) is 20.3 Å². The van der Waals surface area contributed by atoms with Gasteiger partial charge in [0.2, 0.25) is 0 Å². The van der Waals surface area contributed by atoms with Crippen molar-refractivity contribution >= 4 is 17.5 Å². The van der Waals surface area contributed by atoms with Crippen LogP contribution >= 0.6 is 0 Å². The molecule has 0 saturated heterocycles. The number of furan rings is 1. The van der Waals surface area contributed by atoms with Gasteiger partial charge in [-0.05, 0) is 43.2 Å². The number of hydrogen-bond donors (Lipinski definition) is 2. The summed E-state index contributed by atoms with van der Waals surface area (Å²) in [6, 6.07) is 9.30. The molecule has 5 heteroatoms. The van der Waals surface area contributed by atoms with Gasteiger partial charge in [-0.1, -0.05) is 12.1 Å². The summed E-state index contributed by atoms with van der Waals surface area (Å²) in [5.41, 5.74) is 2.59. The summed E-state index contributed by atoms with van der Waals surface area (Å²) < 4.78 is 5.15. The van der Waals surface area contributed by atoms with Crippen molar-refractivity contribution in [3.8, 4) is 0 Å². The van der Waals surface area contributed by atoms with E-state index in [-0.39, 0.29) is 0 Å². The summed E-state index contributed by atoms with van der Waals surface area (Å²) in [5, 5.41) is 5.18. The Balaban J connectivity index is 1.84. The van der Waals surface area contributed by atoms with Crippen molar-refractivity contribution in [3.05, 3.63) is 53.5 Å². The first kappa shape index (κ1) is 14.8. The minimum Gasteiger partial charge on any atom is -0.469 e. The van der Waals surface area contributed by atoms with E-state index in [1.807, 2.05) is 38.1 Å². The molecule has 21 heavy (non-hydrogen) atoms. The Morgan fingerprint density at radius 3 is 2.67 bits per heavy atom. The molecule has 2 aromatic rings. The van der Waals surface area contributed by atoms with Crippen LogP contribution in [0.5, 0.6) is 0 Å². The van der Waals surface area contributed by atoms with E-state index in [9.17, 15) is 9.59 Å². The fourth-order valence-corrected chi connectivity index (χ4v) is 1.88. The maximum atomic E-state index is 11.8. The Morgan fingerprint density at radius 2 is 1.95 bits per heavy atom. The van der Waals surface area contributed by atoms with E-state index in [2.05, 4.69) is 10.6 Å². The highest BCUT2D eigenvalue weighted by molar-refractivity contribution is 6.39. The van der Waals surface area contributed by atoms with Gasteiger partial charge in [0.1, 0.15) is 5.76 Å². The van der Waals surface area contributed by atoms with Crippen LogP contribution < -0.4 is 10.6 Å². The average Bonchev–Trinajstić information content (AvgIpc) is 2.96. The molecule has 1 aromatic heterocycles. The molecule has 0 atom stereocenters. The highest BCUT2D eigenvalue weighted by atomic mass is 16.3. The Labute approximate surface area is 123 Å². The highest BCUT2D eigenvalue weighted by Crippen LogP contribution is 2.16. The number of carbonyl (C=O) groups excluding carboxylic acids is 2. The molecule has 0 radical (unpaired) electrons. The number of anilines is 1. The standard InChI is InChI=1S/C16H18N2O3/c1-11-5-6-12(2)14(10-11)18-16(20)15(19)17-8-7-13-4-3-9-21-13/h3-6,9-10H,7-8H2,1-2H3,(H,17,19)(H,18,20). The van der Waals surface area contributed by atoms with Gasteiger partial charge in [0.05, 0.1) is 6.26 Å². The van der Waals surface area contributed by atoms with Crippen LogP contribution in [0, 0.1) is 13.8 Å². The molecular weight excluding hydrogens is 268 g/mol. The van der Waals surface area contributed by atoms with Crippen LogP contribution in [0.1, 0.15) is 16.9 Å². The number of benzene rings is 1. The quantitative estimate of drug-likeness (QED) is 0.846. The lowest BCUT2D eigenvalue weighted by Gasteiger charge is -2.09. The Bertz CT molecular complexity index is 633. The monoisotopic (exact) mass is 286 g/mol. The molecule has 5 nitrogen and oxygen atoms in total. The zero-order valence-electron chi connectivity index (χ0n) is 12.1. The third kappa shape index (κ3) is 4.21.